The minimum Gasteiger partial charge on any atom is -0.497 e. The van der Waals surface area contributed by atoms with Gasteiger partial charge in [-0.1, -0.05) is 56.5 Å². The van der Waals surface area contributed by atoms with Crippen molar-refractivity contribution in [1.29, 1.82) is 0 Å². The van der Waals surface area contributed by atoms with Crippen LogP contribution in [0, 0.1) is 11.8 Å². The number of ether oxygens (including phenoxy) is 1. The highest BCUT2D eigenvalue weighted by atomic mass is 35.5. The Kier molecular flexibility index (Phi) is 13.3. The zero-order valence-electron chi connectivity index (χ0n) is 22.2. The van der Waals surface area contributed by atoms with Gasteiger partial charge in [-0.3, -0.25) is 15.0 Å². The highest BCUT2D eigenvalue weighted by Gasteiger charge is 2.28. The molecule has 1 saturated carbocycles. The lowest BCUT2D eigenvalue weighted by molar-refractivity contribution is -0.122. The molecule has 1 amide bonds. The first kappa shape index (κ1) is 30.5. The molecule has 0 bridgehead atoms. The number of nitrogens with one attached hydrogen (secondary N) is 3. The summed E-state index contributed by atoms with van der Waals surface area (Å²) in [5.74, 6) is 4.12. The Labute approximate surface area is 239 Å². The molecule has 2 aliphatic heterocycles. The number of thiocarbonyl (C=S) groups is 1. The van der Waals surface area contributed by atoms with E-state index in [4.69, 9.17) is 17.0 Å². The molecule has 3 N–H and O–H groups in total. The number of carbonyl (C=O) groups excluding carboxylic acids is 1. The number of hydrogen-bond acceptors (Lipinski definition) is 6. The van der Waals surface area contributed by atoms with Crippen LogP contribution in [0.15, 0.2) is 24.3 Å². The van der Waals surface area contributed by atoms with E-state index in [1.54, 1.807) is 18.9 Å². The van der Waals surface area contributed by atoms with E-state index in [-0.39, 0.29) is 30.4 Å². The lowest BCUT2D eigenvalue weighted by Crippen LogP contribution is -2.52. The SMILES string of the molecule is COc1ccc(CN2CCC(CNC(=S)[C@@H](CCC3CCCCC3)NC(=O)[C@@H]3CSCN3)CC2)cc1.Cl. The van der Waals surface area contributed by atoms with Gasteiger partial charge < -0.3 is 15.4 Å². The average molecular weight is 569 g/mol. The van der Waals surface area contributed by atoms with Crippen molar-refractivity contribution in [3.8, 4) is 5.75 Å². The van der Waals surface area contributed by atoms with Crippen molar-refractivity contribution in [1.82, 2.24) is 20.9 Å². The molecule has 1 aromatic carbocycles. The Hall–Kier alpha value is -1.06. The summed E-state index contributed by atoms with van der Waals surface area (Å²) in [7, 11) is 1.71. The van der Waals surface area contributed by atoms with E-state index in [1.807, 2.05) is 12.1 Å². The smallest absolute Gasteiger partial charge is 0.238 e. The molecule has 3 fully saturated rings. The summed E-state index contributed by atoms with van der Waals surface area (Å²) < 4.78 is 5.27. The van der Waals surface area contributed by atoms with Crippen molar-refractivity contribution in [2.24, 2.45) is 11.8 Å². The molecule has 1 aromatic rings. The van der Waals surface area contributed by atoms with Gasteiger partial charge in [0.25, 0.3) is 0 Å². The molecule has 2 heterocycles. The van der Waals surface area contributed by atoms with Crippen molar-refractivity contribution < 1.29 is 9.53 Å². The van der Waals surface area contributed by atoms with Gasteiger partial charge in [0, 0.05) is 24.7 Å². The maximum absolute atomic E-state index is 12.9. The first-order valence-corrected chi connectivity index (χ1v) is 15.4. The number of carbonyl (C=O) groups is 1. The summed E-state index contributed by atoms with van der Waals surface area (Å²) in [6.45, 7) is 4.11. The average Bonchev–Trinajstić information content (AvgIpc) is 3.47. The normalized spacial score (nSPS) is 22.1. The zero-order chi connectivity index (χ0) is 25.2. The number of likely N-dealkylation sites (tertiary alicyclic amines) is 1. The van der Waals surface area contributed by atoms with Crippen LogP contribution in [0.1, 0.15) is 63.4 Å². The number of hydrogen-bond donors (Lipinski definition) is 3. The summed E-state index contributed by atoms with van der Waals surface area (Å²) in [4.78, 5) is 16.2. The van der Waals surface area contributed by atoms with Gasteiger partial charge in [0.15, 0.2) is 0 Å². The number of thioether (sulfide) groups is 1. The topological polar surface area (TPSA) is 65.6 Å². The Balaban J connectivity index is 0.00000380. The minimum atomic E-state index is -0.0926. The number of nitrogens with zero attached hydrogens (tertiary/aromatic N) is 1. The predicted molar refractivity (Wildman–Crippen MR) is 161 cm³/mol. The number of rotatable bonds is 11. The van der Waals surface area contributed by atoms with Gasteiger partial charge in [0.05, 0.1) is 24.2 Å². The molecule has 0 radical (unpaired) electrons. The van der Waals surface area contributed by atoms with Crippen LogP contribution in [0.3, 0.4) is 0 Å². The van der Waals surface area contributed by atoms with Crippen molar-refractivity contribution >= 4 is 47.3 Å². The van der Waals surface area contributed by atoms with E-state index in [2.05, 4.69) is 33.0 Å². The Morgan fingerprint density at radius 2 is 1.86 bits per heavy atom. The Morgan fingerprint density at radius 3 is 2.51 bits per heavy atom. The lowest BCUT2D eigenvalue weighted by atomic mass is 9.85. The highest BCUT2D eigenvalue weighted by molar-refractivity contribution is 7.99. The second-order valence-corrected chi connectivity index (χ2v) is 12.2. The van der Waals surface area contributed by atoms with E-state index < -0.39 is 0 Å². The summed E-state index contributed by atoms with van der Waals surface area (Å²) in [6.07, 6.45) is 11.2. The molecule has 2 atom stereocenters. The maximum atomic E-state index is 12.9. The second-order valence-electron chi connectivity index (χ2n) is 10.7. The number of benzene rings is 1. The van der Waals surface area contributed by atoms with Gasteiger partial charge >= 0.3 is 0 Å². The number of amides is 1. The molecule has 4 rings (SSSR count). The summed E-state index contributed by atoms with van der Waals surface area (Å²) >= 11 is 7.65. The summed E-state index contributed by atoms with van der Waals surface area (Å²) in [5.41, 5.74) is 1.33. The van der Waals surface area contributed by atoms with Crippen LogP contribution < -0.4 is 20.7 Å². The van der Waals surface area contributed by atoms with Crippen LogP contribution in [-0.2, 0) is 11.3 Å². The molecule has 1 aliphatic carbocycles. The molecular weight excluding hydrogens is 524 g/mol. The van der Waals surface area contributed by atoms with Crippen molar-refractivity contribution in [3.05, 3.63) is 29.8 Å². The standard InChI is InChI=1S/C28H44N4O2S2.ClH/c1-34-24-10-7-23(8-11-24)18-32-15-13-22(14-16-32)17-29-28(35)25(12-9-21-5-3-2-4-6-21)31-27(33)26-19-36-20-30-26;/h7-8,10-11,21-22,25-26,30H,2-6,9,12-20H2,1H3,(H,29,35)(H,31,33);1H/t25-,26+;/m1./s1. The highest BCUT2D eigenvalue weighted by Crippen LogP contribution is 2.28. The van der Waals surface area contributed by atoms with Crippen LogP contribution in [0.2, 0.25) is 0 Å². The third kappa shape index (κ3) is 9.88. The lowest BCUT2D eigenvalue weighted by Gasteiger charge is -2.33. The van der Waals surface area contributed by atoms with Crippen LogP contribution in [0.25, 0.3) is 0 Å². The minimum absolute atomic E-state index is 0. The Bertz CT molecular complexity index is 824. The zero-order valence-corrected chi connectivity index (χ0v) is 24.7. The predicted octanol–water partition coefficient (Wildman–Crippen LogP) is 4.75. The van der Waals surface area contributed by atoms with Crippen LogP contribution in [-0.4, -0.2) is 66.3 Å². The molecule has 3 aliphatic rings. The molecule has 9 heteroatoms. The van der Waals surface area contributed by atoms with E-state index in [0.29, 0.717) is 5.92 Å². The summed E-state index contributed by atoms with van der Waals surface area (Å²) in [6, 6.07) is 8.25. The molecule has 6 nitrogen and oxygen atoms in total. The molecular formula is C28H45ClN4O2S2. The number of piperidine rings is 1. The molecule has 0 unspecified atom stereocenters. The van der Waals surface area contributed by atoms with E-state index in [9.17, 15) is 4.79 Å². The van der Waals surface area contributed by atoms with Gasteiger partial charge in [0.2, 0.25) is 5.91 Å². The van der Waals surface area contributed by atoms with Gasteiger partial charge in [-0.25, -0.2) is 0 Å². The molecule has 0 aromatic heterocycles. The van der Waals surface area contributed by atoms with Crippen molar-refractivity contribution in [2.75, 3.05) is 38.4 Å². The first-order chi connectivity index (χ1) is 17.6. The fraction of sp³-hybridized carbons (Fsp3) is 0.714. The van der Waals surface area contributed by atoms with Crippen LogP contribution >= 0.6 is 36.4 Å². The van der Waals surface area contributed by atoms with Gasteiger partial charge in [-0.05, 0) is 68.3 Å². The Morgan fingerprint density at radius 1 is 1.14 bits per heavy atom. The monoisotopic (exact) mass is 568 g/mol. The van der Waals surface area contributed by atoms with Crippen LogP contribution in [0.5, 0.6) is 5.75 Å². The number of methoxy groups -OCH3 is 1. The molecule has 37 heavy (non-hydrogen) atoms. The van der Waals surface area contributed by atoms with E-state index in [1.165, 1.54) is 50.5 Å². The van der Waals surface area contributed by atoms with Crippen molar-refractivity contribution in [2.45, 2.75) is 76.4 Å². The molecule has 208 valence electrons. The van der Waals surface area contributed by atoms with Gasteiger partial charge in [-0.15, -0.1) is 24.2 Å². The second kappa shape index (κ2) is 16.1. The molecule has 2 saturated heterocycles. The largest absolute Gasteiger partial charge is 0.497 e. The summed E-state index contributed by atoms with van der Waals surface area (Å²) in [5, 5.41) is 10.2. The van der Waals surface area contributed by atoms with E-state index in [0.717, 1.165) is 67.3 Å². The van der Waals surface area contributed by atoms with Gasteiger partial charge in [0.1, 0.15) is 5.75 Å². The van der Waals surface area contributed by atoms with Crippen molar-refractivity contribution in [3.63, 3.8) is 0 Å². The first-order valence-electron chi connectivity index (χ1n) is 13.8. The van der Waals surface area contributed by atoms with E-state index >= 15 is 0 Å². The fourth-order valence-corrected chi connectivity index (χ4v) is 6.89. The third-order valence-electron chi connectivity index (χ3n) is 8.09. The quantitative estimate of drug-likeness (QED) is 0.333. The van der Waals surface area contributed by atoms with Gasteiger partial charge in [-0.2, -0.15) is 0 Å². The third-order valence-corrected chi connectivity index (χ3v) is 9.46. The number of halogens is 1. The van der Waals surface area contributed by atoms with Crippen LogP contribution in [0.4, 0.5) is 0 Å². The molecule has 0 spiro atoms. The maximum Gasteiger partial charge on any atom is 0.238 e. The fourth-order valence-electron chi connectivity index (χ4n) is 5.69.